The number of thioether (sulfide) groups is 2. The van der Waals surface area contributed by atoms with Crippen molar-refractivity contribution in [3.63, 3.8) is 0 Å². The Balaban J connectivity index is 0.714. The van der Waals surface area contributed by atoms with Gasteiger partial charge in [0, 0.05) is 57.1 Å². The second-order valence-corrected chi connectivity index (χ2v) is 19.5. The molecule has 0 radical (unpaired) electrons. The molecule has 8 aromatic rings. The maximum absolute atomic E-state index is 11.1. The van der Waals surface area contributed by atoms with Gasteiger partial charge in [0.1, 0.15) is 0 Å². The summed E-state index contributed by atoms with van der Waals surface area (Å²) in [4.78, 5) is 4.46. The number of hydrogen-bond acceptors (Lipinski definition) is 12. The van der Waals surface area contributed by atoms with Crippen molar-refractivity contribution < 1.29 is 19.7 Å². The maximum Gasteiger partial charge on any atom is 0.0826 e. The molecule has 12 heteroatoms. The molecular weight excluding hydrogens is 957 g/mol. The van der Waals surface area contributed by atoms with Crippen molar-refractivity contribution in [1.29, 1.82) is 0 Å². The third kappa shape index (κ3) is 16.7. The molecule has 2 atom stereocenters. The lowest BCUT2D eigenvalue weighted by Gasteiger charge is -2.25. The van der Waals surface area contributed by atoms with Crippen molar-refractivity contribution >= 4 is 81.5 Å². The fourth-order valence-corrected chi connectivity index (χ4v) is 9.59. The molecule has 0 aliphatic heterocycles. The van der Waals surface area contributed by atoms with Crippen LogP contribution in [0.3, 0.4) is 0 Å². The van der Waals surface area contributed by atoms with Crippen LogP contribution in [0, 0.1) is 0 Å². The maximum atomic E-state index is 11.1. The van der Waals surface area contributed by atoms with Crippen molar-refractivity contribution in [3.8, 4) is 0 Å². The summed E-state index contributed by atoms with van der Waals surface area (Å²) in [6, 6.07) is 77.9. The predicted octanol–water partition coefficient (Wildman–Crippen LogP) is 13.2. The Labute approximate surface area is 445 Å². The van der Waals surface area contributed by atoms with E-state index >= 15 is 0 Å². The highest BCUT2D eigenvalue weighted by Crippen LogP contribution is 2.35. The summed E-state index contributed by atoms with van der Waals surface area (Å²) in [5.41, 5.74) is 10.2. The molecule has 8 aromatic carbocycles. The van der Waals surface area contributed by atoms with Crippen LogP contribution in [0.15, 0.2) is 241 Å². The van der Waals surface area contributed by atoms with Gasteiger partial charge in [-0.3, -0.25) is 10.0 Å². The summed E-state index contributed by atoms with van der Waals surface area (Å²) < 4.78 is 11.7. The van der Waals surface area contributed by atoms with Gasteiger partial charge in [-0.25, -0.2) is 0 Å². The van der Waals surface area contributed by atoms with E-state index in [0.29, 0.717) is 51.0 Å². The summed E-state index contributed by atoms with van der Waals surface area (Å²) in [5.74, 6) is 2.62. The molecular formula is C62H64N6O4S2. The van der Waals surface area contributed by atoms with Crippen molar-refractivity contribution in [2.45, 2.75) is 12.2 Å². The van der Waals surface area contributed by atoms with Crippen LogP contribution >= 0.6 is 23.5 Å². The van der Waals surface area contributed by atoms with Crippen molar-refractivity contribution in [2.75, 3.05) is 82.3 Å². The number of aliphatic hydroxyl groups excluding tert-OH is 2. The minimum Gasteiger partial charge on any atom is -0.390 e. The van der Waals surface area contributed by atoms with E-state index in [2.05, 4.69) is 107 Å². The Morgan fingerprint density at radius 2 is 0.622 bits per heavy atom. The lowest BCUT2D eigenvalue weighted by molar-refractivity contribution is 0.0604. The van der Waals surface area contributed by atoms with Crippen LogP contribution in [0.4, 0.5) is 45.5 Å². The third-order valence-electron chi connectivity index (χ3n) is 11.7. The summed E-state index contributed by atoms with van der Waals surface area (Å²) in [6.45, 7) is 2.83. The average Bonchev–Trinajstić information content (AvgIpc) is 3.46. The third-order valence-corrected chi connectivity index (χ3v) is 13.8. The molecule has 2 unspecified atom stereocenters. The molecule has 0 aliphatic carbocycles. The molecule has 0 bridgehead atoms. The van der Waals surface area contributed by atoms with Gasteiger partial charge < -0.3 is 29.5 Å². The normalized spacial score (nSPS) is 12.2. The van der Waals surface area contributed by atoms with E-state index in [4.69, 9.17) is 19.7 Å². The molecule has 10 nitrogen and oxygen atoms in total. The molecule has 0 fully saturated rings. The largest absolute Gasteiger partial charge is 0.390 e. The smallest absolute Gasteiger partial charge is 0.0826 e. The second kappa shape index (κ2) is 29.5. The first-order valence-electron chi connectivity index (χ1n) is 25.0. The van der Waals surface area contributed by atoms with E-state index in [1.807, 2.05) is 156 Å². The second-order valence-electron chi connectivity index (χ2n) is 17.2. The first kappa shape index (κ1) is 53.1. The van der Waals surface area contributed by atoms with E-state index in [-0.39, 0.29) is 0 Å². The zero-order valence-corrected chi connectivity index (χ0v) is 43.2. The van der Waals surface area contributed by atoms with Gasteiger partial charge in [-0.1, -0.05) is 133 Å². The van der Waals surface area contributed by atoms with Gasteiger partial charge in [0.15, 0.2) is 0 Å². The lowest BCUT2D eigenvalue weighted by atomic mass is 10.1. The van der Waals surface area contributed by atoms with Gasteiger partial charge in [-0.05, 0) is 108 Å². The van der Waals surface area contributed by atoms with Gasteiger partial charge in [0.25, 0.3) is 0 Å². The van der Waals surface area contributed by atoms with Crippen LogP contribution < -0.4 is 19.8 Å². The number of nitrogens with zero attached hydrogens (tertiary/aromatic N) is 6. The average molecular weight is 1020 g/mol. The number of hydrazone groups is 2. The summed E-state index contributed by atoms with van der Waals surface area (Å²) in [5, 5.41) is 35.5. The SMILES string of the molecule is OC(CSCCOCCOCCSCC(O)CN(N=Cc1ccc(N(c2ccccc2)c2ccccc2)cc1)c1ccccc1)CN(N=Cc1ccc(N(c2ccccc2)c2ccccc2)cc1)c1ccccc1. The number of anilines is 8. The van der Waals surface area contributed by atoms with Gasteiger partial charge in [-0.15, -0.1) is 0 Å². The minimum atomic E-state index is -0.597. The van der Waals surface area contributed by atoms with Crippen LogP contribution in [0.25, 0.3) is 0 Å². The Kier molecular flexibility index (Phi) is 21.2. The molecule has 0 aromatic heterocycles. The van der Waals surface area contributed by atoms with Crippen molar-refractivity contribution in [2.24, 2.45) is 10.2 Å². The number of hydrogen-bond donors (Lipinski definition) is 2. The fourth-order valence-electron chi connectivity index (χ4n) is 8.03. The number of benzene rings is 8. The van der Waals surface area contributed by atoms with E-state index in [0.717, 1.165) is 68.1 Å². The number of aliphatic hydroxyl groups is 2. The number of para-hydroxylation sites is 6. The van der Waals surface area contributed by atoms with Crippen LogP contribution in [0.1, 0.15) is 11.1 Å². The van der Waals surface area contributed by atoms with Gasteiger partial charge in [0.05, 0.1) is 75.5 Å². The molecule has 0 heterocycles. The van der Waals surface area contributed by atoms with Crippen LogP contribution in [-0.2, 0) is 9.47 Å². The van der Waals surface area contributed by atoms with E-state index in [1.165, 1.54) is 0 Å². The van der Waals surface area contributed by atoms with Gasteiger partial charge in [0.2, 0.25) is 0 Å². The summed E-state index contributed by atoms with van der Waals surface area (Å²) in [7, 11) is 0. The zero-order valence-electron chi connectivity index (χ0n) is 41.5. The Bertz CT molecular complexity index is 2560. The van der Waals surface area contributed by atoms with Crippen LogP contribution in [0.5, 0.6) is 0 Å². The first-order valence-corrected chi connectivity index (χ1v) is 27.3. The summed E-state index contributed by atoms with van der Waals surface area (Å²) >= 11 is 3.31. The molecule has 8 rings (SSSR count). The molecule has 0 spiro atoms. The highest BCUT2D eigenvalue weighted by Gasteiger charge is 2.16. The molecule has 0 saturated heterocycles. The molecule has 0 saturated carbocycles. The number of rotatable bonds is 29. The van der Waals surface area contributed by atoms with Crippen LogP contribution in [0.2, 0.25) is 0 Å². The van der Waals surface area contributed by atoms with Gasteiger partial charge in [-0.2, -0.15) is 33.7 Å². The Morgan fingerprint density at radius 3 is 0.919 bits per heavy atom. The Morgan fingerprint density at radius 1 is 0.351 bits per heavy atom. The molecule has 0 amide bonds. The minimum absolute atomic E-state index is 0.352. The summed E-state index contributed by atoms with van der Waals surface area (Å²) in [6.07, 6.45) is 2.49. The van der Waals surface area contributed by atoms with Crippen LogP contribution in [-0.4, -0.2) is 97.4 Å². The Hall–Kier alpha value is -7.16. The molecule has 2 N–H and O–H groups in total. The number of ether oxygens (including phenoxy) is 2. The van der Waals surface area contributed by atoms with E-state index in [1.54, 1.807) is 23.5 Å². The molecule has 0 aliphatic rings. The van der Waals surface area contributed by atoms with Crippen molar-refractivity contribution in [1.82, 2.24) is 0 Å². The highest BCUT2D eigenvalue weighted by molar-refractivity contribution is 7.99. The topological polar surface area (TPSA) is 96.6 Å². The highest BCUT2D eigenvalue weighted by atomic mass is 32.2. The fraction of sp³-hybridized carbons (Fsp3) is 0.194. The van der Waals surface area contributed by atoms with Crippen molar-refractivity contribution in [3.05, 3.63) is 242 Å². The van der Waals surface area contributed by atoms with E-state index < -0.39 is 12.2 Å². The molecule has 74 heavy (non-hydrogen) atoms. The van der Waals surface area contributed by atoms with E-state index in [9.17, 15) is 10.2 Å². The monoisotopic (exact) mass is 1020 g/mol. The predicted molar refractivity (Wildman–Crippen MR) is 313 cm³/mol. The van der Waals surface area contributed by atoms with Gasteiger partial charge >= 0.3 is 0 Å². The lowest BCUT2D eigenvalue weighted by Crippen LogP contribution is -2.30. The molecule has 378 valence electrons. The zero-order chi connectivity index (χ0) is 50.8. The quantitative estimate of drug-likeness (QED) is 0.0268. The standard InChI is InChI=1S/C62H64N6O4S2/c69-61(47-65(53-19-7-1-8-20-53)63-45-51-31-35-59(36-32-51)67(55-23-11-3-12-24-55)56-25-13-4-14-26-56)49-73-43-41-71-39-40-72-42-44-74-50-62(70)48-66(54-21-9-2-10-22-54)64-46-52-33-37-60(38-34-52)68(57-27-15-5-16-28-57)58-29-17-6-18-30-58/h1-38,45-46,61-62,69-70H,39-44,47-50H2. The first-order chi connectivity index (χ1) is 36.6.